The van der Waals surface area contributed by atoms with Crippen LogP contribution < -0.4 is 10.6 Å². The molecular weight excluding hydrogens is 290 g/mol. The summed E-state index contributed by atoms with van der Waals surface area (Å²) in [7, 11) is 0. The summed E-state index contributed by atoms with van der Waals surface area (Å²) >= 11 is 11.7. The molecule has 0 radical (unpaired) electrons. The number of halogens is 3. The maximum absolute atomic E-state index is 13.3. The minimum Gasteiger partial charge on any atom is -0.306 e. The van der Waals surface area contributed by atoms with Gasteiger partial charge < -0.3 is 10.6 Å². The molecule has 0 unspecified atom stereocenters. The standard InChI is InChI=1S/C13H9Cl2FN2O/c14-8-5-6-9(15)12(7-8)18-13(19)17-11-4-2-1-3-10(11)16/h1-7H,(H2,17,18,19). The molecule has 0 atom stereocenters. The number of amides is 2. The van der Waals surface area contributed by atoms with Gasteiger partial charge >= 0.3 is 6.03 Å². The number of urea groups is 1. The zero-order chi connectivity index (χ0) is 13.8. The van der Waals surface area contributed by atoms with Crippen molar-refractivity contribution in [1.82, 2.24) is 0 Å². The van der Waals surface area contributed by atoms with E-state index in [1.165, 1.54) is 24.3 Å². The van der Waals surface area contributed by atoms with Gasteiger partial charge in [-0.2, -0.15) is 0 Å². The Balaban J connectivity index is 2.10. The molecule has 98 valence electrons. The summed E-state index contributed by atoms with van der Waals surface area (Å²) in [6.45, 7) is 0. The van der Waals surface area contributed by atoms with Crippen LogP contribution in [-0.2, 0) is 0 Å². The van der Waals surface area contributed by atoms with Gasteiger partial charge in [-0.3, -0.25) is 0 Å². The molecule has 0 spiro atoms. The molecule has 0 aliphatic rings. The van der Waals surface area contributed by atoms with Crippen LogP contribution in [0.5, 0.6) is 0 Å². The topological polar surface area (TPSA) is 41.1 Å². The molecule has 0 aromatic heterocycles. The molecule has 0 saturated carbocycles. The molecule has 0 fully saturated rings. The van der Waals surface area contributed by atoms with E-state index >= 15 is 0 Å². The van der Waals surface area contributed by atoms with Crippen molar-refractivity contribution in [3.05, 3.63) is 58.3 Å². The maximum Gasteiger partial charge on any atom is 0.323 e. The van der Waals surface area contributed by atoms with E-state index < -0.39 is 11.8 Å². The van der Waals surface area contributed by atoms with Crippen LogP contribution in [0.1, 0.15) is 0 Å². The van der Waals surface area contributed by atoms with E-state index in [9.17, 15) is 9.18 Å². The SMILES string of the molecule is O=C(Nc1ccccc1F)Nc1cc(Cl)ccc1Cl. The summed E-state index contributed by atoms with van der Waals surface area (Å²) in [5.41, 5.74) is 0.432. The van der Waals surface area contributed by atoms with Crippen LogP contribution in [0.4, 0.5) is 20.6 Å². The third-order valence-corrected chi connectivity index (χ3v) is 2.86. The fourth-order valence-corrected chi connectivity index (χ4v) is 1.77. The second-order valence-electron chi connectivity index (χ2n) is 3.68. The third-order valence-electron chi connectivity index (χ3n) is 2.30. The van der Waals surface area contributed by atoms with Crippen LogP contribution >= 0.6 is 23.2 Å². The fourth-order valence-electron chi connectivity index (χ4n) is 1.43. The molecule has 3 nitrogen and oxygen atoms in total. The first-order valence-electron chi connectivity index (χ1n) is 5.34. The zero-order valence-corrected chi connectivity index (χ0v) is 11.1. The highest BCUT2D eigenvalue weighted by Crippen LogP contribution is 2.25. The maximum atomic E-state index is 13.3. The molecule has 0 saturated heterocycles. The van der Waals surface area contributed by atoms with Crippen molar-refractivity contribution in [2.75, 3.05) is 10.6 Å². The quantitative estimate of drug-likeness (QED) is 0.823. The Labute approximate surface area is 119 Å². The van der Waals surface area contributed by atoms with Crippen LogP contribution in [-0.4, -0.2) is 6.03 Å². The lowest BCUT2D eigenvalue weighted by molar-refractivity contribution is 0.262. The Morgan fingerprint density at radius 2 is 1.68 bits per heavy atom. The van der Waals surface area contributed by atoms with Crippen LogP contribution in [0.3, 0.4) is 0 Å². The van der Waals surface area contributed by atoms with Gasteiger partial charge in [0.05, 0.1) is 16.4 Å². The number of carbonyl (C=O) groups is 1. The summed E-state index contributed by atoms with van der Waals surface area (Å²) in [5.74, 6) is -0.519. The second kappa shape index (κ2) is 5.91. The Morgan fingerprint density at radius 3 is 2.42 bits per heavy atom. The first-order valence-corrected chi connectivity index (χ1v) is 6.09. The summed E-state index contributed by atoms with van der Waals surface area (Å²) in [4.78, 5) is 11.7. The van der Waals surface area contributed by atoms with Gasteiger partial charge in [-0.1, -0.05) is 35.3 Å². The average Bonchev–Trinajstić information content (AvgIpc) is 2.37. The van der Waals surface area contributed by atoms with Crippen molar-refractivity contribution >= 4 is 40.6 Å². The molecular formula is C13H9Cl2FN2O. The molecule has 6 heteroatoms. The van der Waals surface area contributed by atoms with Crippen LogP contribution in [0, 0.1) is 5.82 Å². The van der Waals surface area contributed by atoms with Crippen LogP contribution in [0.25, 0.3) is 0 Å². The van der Waals surface area contributed by atoms with Gasteiger partial charge in [-0.15, -0.1) is 0 Å². The van der Waals surface area contributed by atoms with Crippen LogP contribution in [0.15, 0.2) is 42.5 Å². The molecule has 2 aromatic carbocycles. The van der Waals surface area contributed by atoms with Crippen molar-refractivity contribution in [3.8, 4) is 0 Å². The lowest BCUT2D eigenvalue weighted by Gasteiger charge is -2.09. The van der Waals surface area contributed by atoms with Crippen molar-refractivity contribution < 1.29 is 9.18 Å². The van der Waals surface area contributed by atoms with E-state index in [1.54, 1.807) is 18.2 Å². The van der Waals surface area contributed by atoms with Gasteiger partial charge in [-0.05, 0) is 30.3 Å². The molecule has 2 amide bonds. The Morgan fingerprint density at radius 1 is 1.00 bits per heavy atom. The highest BCUT2D eigenvalue weighted by Gasteiger charge is 2.08. The predicted octanol–water partition coefficient (Wildman–Crippen LogP) is 4.78. The molecule has 2 rings (SSSR count). The highest BCUT2D eigenvalue weighted by molar-refractivity contribution is 6.35. The van der Waals surface area contributed by atoms with Crippen molar-refractivity contribution in [1.29, 1.82) is 0 Å². The summed E-state index contributed by atoms with van der Waals surface area (Å²) < 4.78 is 13.3. The second-order valence-corrected chi connectivity index (χ2v) is 4.53. The zero-order valence-electron chi connectivity index (χ0n) is 9.58. The number of benzene rings is 2. The number of rotatable bonds is 2. The number of hydrogen-bond acceptors (Lipinski definition) is 1. The largest absolute Gasteiger partial charge is 0.323 e. The minimum atomic E-state index is -0.603. The molecule has 0 aliphatic carbocycles. The summed E-state index contributed by atoms with van der Waals surface area (Å²) in [6.07, 6.45) is 0. The number of hydrogen-bond donors (Lipinski definition) is 2. The first-order chi connectivity index (χ1) is 9.06. The predicted molar refractivity (Wildman–Crippen MR) is 75.5 cm³/mol. The van der Waals surface area contributed by atoms with Gasteiger partial charge in [0.25, 0.3) is 0 Å². The normalized spacial score (nSPS) is 10.1. The van der Waals surface area contributed by atoms with Gasteiger partial charge in [-0.25, -0.2) is 9.18 Å². The number of carbonyl (C=O) groups excluding carboxylic acids is 1. The van der Waals surface area contributed by atoms with Crippen molar-refractivity contribution in [2.24, 2.45) is 0 Å². The molecule has 0 aliphatic heterocycles. The fraction of sp³-hybridized carbons (Fsp3) is 0. The molecule has 0 bridgehead atoms. The first kappa shape index (κ1) is 13.6. The Kier molecular flexibility index (Phi) is 4.24. The number of nitrogens with one attached hydrogen (secondary N) is 2. The van der Waals surface area contributed by atoms with E-state index in [0.29, 0.717) is 15.7 Å². The molecule has 19 heavy (non-hydrogen) atoms. The average molecular weight is 299 g/mol. The van der Waals surface area contributed by atoms with E-state index in [-0.39, 0.29) is 5.69 Å². The smallest absolute Gasteiger partial charge is 0.306 e. The lowest BCUT2D eigenvalue weighted by Crippen LogP contribution is -2.20. The monoisotopic (exact) mass is 298 g/mol. The van der Waals surface area contributed by atoms with E-state index in [4.69, 9.17) is 23.2 Å². The van der Waals surface area contributed by atoms with Gasteiger partial charge in [0.15, 0.2) is 0 Å². The third kappa shape index (κ3) is 3.59. The van der Waals surface area contributed by atoms with Gasteiger partial charge in [0, 0.05) is 5.02 Å². The molecule has 0 heterocycles. The highest BCUT2D eigenvalue weighted by atomic mass is 35.5. The van der Waals surface area contributed by atoms with Crippen LogP contribution in [0.2, 0.25) is 10.0 Å². The van der Waals surface area contributed by atoms with E-state index in [1.807, 2.05) is 0 Å². The van der Waals surface area contributed by atoms with E-state index in [0.717, 1.165) is 0 Å². The van der Waals surface area contributed by atoms with Gasteiger partial charge in [0.2, 0.25) is 0 Å². The number of para-hydroxylation sites is 1. The van der Waals surface area contributed by atoms with Gasteiger partial charge in [0.1, 0.15) is 5.82 Å². The van der Waals surface area contributed by atoms with Crippen molar-refractivity contribution in [2.45, 2.75) is 0 Å². The Hall–Kier alpha value is -1.78. The minimum absolute atomic E-state index is 0.0816. The van der Waals surface area contributed by atoms with E-state index in [2.05, 4.69) is 10.6 Å². The number of anilines is 2. The summed E-state index contributed by atoms with van der Waals surface area (Å²) in [6, 6.07) is 9.92. The summed E-state index contributed by atoms with van der Waals surface area (Å²) in [5, 5.41) is 5.65. The molecule has 2 N–H and O–H groups in total. The lowest BCUT2D eigenvalue weighted by atomic mass is 10.3. The molecule has 2 aromatic rings. The van der Waals surface area contributed by atoms with Crippen molar-refractivity contribution in [3.63, 3.8) is 0 Å². The Bertz CT molecular complexity index is 619.